The molecule has 3 aromatic rings. The number of hydrogen-bond acceptors (Lipinski definition) is 5. The molecule has 6 nitrogen and oxygen atoms in total. The number of aromatic nitrogens is 1. The molecule has 1 N–H and O–H groups in total. The highest BCUT2D eigenvalue weighted by atomic mass is 16.5. The van der Waals surface area contributed by atoms with Gasteiger partial charge in [0.1, 0.15) is 0 Å². The van der Waals surface area contributed by atoms with E-state index in [0.717, 1.165) is 51.0 Å². The predicted octanol–water partition coefficient (Wildman–Crippen LogP) is 5.60. The van der Waals surface area contributed by atoms with E-state index in [1.54, 1.807) is 18.5 Å². The van der Waals surface area contributed by atoms with E-state index < -0.39 is 5.97 Å². The van der Waals surface area contributed by atoms with Crippen molar-refractivity contribution in [3.63, 3.8) is 0 Å². The number of aryl methyl sites for hydroxylation is 1. The lowest BCUT2D eigenvalue weighted by Crippen LogP contribution is -2.32. The Morgan fingerprint density at radius 3 is 2.61 bits per heavy atom. The van der Waals surface area contributed by atoms with Crippen molar-refractivity contribution in [3.8, 4) is 0 Å². The molecule has 36 heavy (non-hydrogen) atoms. The summed E-state index contributed by atoms with van der Waals surface area (Å²) < 4.78 is 5.52. The molecule has 1 atom stereocenters. The smallest absolute Gasteiger partial charge is 0.336 e. The van der Waals surface area contributed by atoms with E-state index in [4.69, 9.17) is 4.74 Å². The fraction of sp³-hybridized carbons (Fsp3) is 0.400. The maximum Gasteiger partial charge on any atom is 0.336 e. The minimum absolute atomic E-state index is 0.258. The lowest BCUT2D eigenvalue weighted by molar-refractivity contribution is 0.0695. The molecule has 1 aromatic heterocycles. The van der Waals surface area contributed by atoms with Crippen LogP contribution in [0, 0.1) is 0 Å². The number of hydrogen-bond donors (Lipinski definition) is 1. The summed E-state index contributed by atoms with van der Waals surface area (Å²) in [5, 5.41) is 9.52. The normalized spacial score (nSPS) is 18.6. The number of likely N-dealkylation sites (N-methyl/N-ethyl adjacent to an activating group) is 1. The van der Waals surface area contributed by atoms with Gasteiger partial charge in [-0.15, -0.1) is 0 Å². The molecule has 2 aromatic carbocycles. The number of nitrogens with zero attached hydrogens (tertiary/aromatic N) is 3. The number of ether oxygens (including phenoxy) is 1. The van der Waals surface area contributed by atoms with Crippen LogP contribution in [0.1, 0.15) is 63.8 Å². The Bertz CT molecular complexity index is 1200. The van der Waals surface area contributed by atoms with E-state index >= 15 is 0 Å². The number of anilines is 2. The zero-order valence-electron chi connectivity index (χ0n) is 21.2. The maximum atomic E-state index is 11.6. The average Bonchev–Trinajstić information content (AvgIpc) is 2.92. The Balaban J connectivity index is 1.31. The summed E-state index contributed by atoms with van der Waals surface area (Å²) in [5.74, 6) is -0.285. The van der Waals surface area contributed by atoms with Crippen molar-refractivity contribution >= 4 is 17.3 Å². The Labute approximate surface area is 213 Å². The van der Waals surface area contributed by atoms with Crippen LogP contribution in [0.3, 0.4) is 0 Å². The molecular weight excluding hydrogens is 450 g/mol. The van der Waals surface area contributed by atoms with Crippen LogP contribution >= 0.6 is 0 Å². The Hall–Kier alpha value is -3.22. The number of pyridine rings is 1. The number of rotatable bonds is 7. The fourth-order valence-electron chi connectivity index (χ4n) is 5.69. The molecule has 2 aliphatic heterocycles. The first kappa shape index (κ1) is 24.5. The number of carbonyl (C=O) groups is 1. The van der Waals surface area contributed by atoms with Gasteiger partial charge in [0.25, 0.3) is 0 Å². The second-order valence-electron chi connectivity index (χ2n) is 10.0. The van der Waals surface area contributed by atoms with Gasteiger partial charge in [-0.2, -0.15) is 0 Å². The second kappa shape index (κ2) is 10.8. The Morgan fingerprint density at radius 2 is 1.86 bits per heavy atom. The number of benzene rings is 2. The van der Waals surface area contributed by atoms with Crippen LogP contribution in [0.5, 0.6) is 0 Å². The number of carboxylic acids is 1. The SMILES string of the molecule is CN(c1ccc(C2CCOCC2)cc1)c1ccc2c(c1)CCN(C)[C@@H]2CCc1cnccc1C(=O)O. The van der Waals surface area contributed by atoms with Gasteiger partial charge < -0.3 is 14.7 Å². The van der Waals surface area contributed by atoms with Crippen molar-refractivity contribution in [2.24, 2.45) is 0 Å². The molecule has 0 unspecified atom stereocenters. The largest absolute Gasteiger partial charge is 0.478 e. The van der Waals surface area contributed by atoms with E-state index in [1.165, 1.54) is 28.1 Å². The first-order valence-electron chi connectivity index (χ1n) is 12.9. The zero-order chi connectivity index (χ0) is 25.1. The van der Waals surface area contributed by atoms with Crippen molar-refractivity contribution in [1.82, 2.24) is 9.88 Å². The van der Waals surface area contributed by atoms with Crippen LogP contribution in [-0.2, 0) is 17.6 Å². The standard InChI is InChI=1S/C30H35N3O3/c1-32-16-12-23-19-26(33(2)25-6-3-21(4-7-25)22-13-17-36-18-14-22)8-9-27(23)29(32)10-5-24-20-31-15-11-28(24)30(34)35/h3-4,6-9,11,15,19-20,22,29H,5,10,12-14,16-18H2,1-2H3,(H,34,35)/t29-/m1/s1. The number of carboxylic acid groups (broad SMARTS) is 1. The van der Waals surface area contributed by atoms with Gasteiger partial charge in [-0.3, -0.25) is 9.88 Å². The summed E-state index contributed by atoms with van der Waals surface area (Å²) in [6.07, 6.45) is 8.01. The van der Waals surface area contributed by atoms with Gasteiger partial charge in [-0.1, -0.05) is 18.2 Å². The lowest BCUT2D eigenvalue weighted by Gasteiger charge is -2.35. The van der Waals surface area contributed by atoms with Crippen molar-refractivity contribution in [2.45, 2.75) is 44.1 Å². The Morgan fingerprint density at radius 1 is 1.11 bits per heavy atom. The molecule has 3 heterocycles. The second-order valence-corrected chi connectivity index (χ2v) is 10.0. The van der Waals surface area contributed by atoms with Gasteiger partial charge in [-0.05, 0) is 97.7 Å². The summed E-state index contributed by atoms with van der Waals surface area (Å²) in [6, 6.07) is 17.7. The van der Waals surface area contributed by atoms with Crippen molar-refractivity contribution in [2.75, 3.05) is 38.8 Å². The van der Waals surface area contributed by atoms with Gasteiger partial charge in [-0.25, -0.2) is 4.79 Å². The molecular formula is C30H35N3O3. The van der Waals surface area contributed by atoms with Crippen LogP contribution in [0.15, 0.2) is 60.9 Å². The van der Waals surface area contributed by atoms with Gasteiger partial charge >= 0.3 is 5.97 Å². The zero-order valence-corrected chi connectivity index (χ0v) is 21.2. The van der Waals surface area contributed by atoms with Crippen LogP contribution in [0.4, 0.5) is 11.4 Å². The molecule has 2 aliphatic rings. The Kier molecular flexibility index (Phi) is 7.35. The molecule has 1 fully saturated rings. The van der Waals surface area contributed by atoms with E-state index in [1.807, 2.05) is 0 Å². The molecule has 188 valence electrons. The fourth-order valence-corrected chi connectivity index (χ4v) is 5.69. The first-order valence-corrected chi connectivity index (χ1v) is 12.9. The van der Waals surface area contributed by atoms with Crippen LogP contribution < -0.4 is 4.90 Å². The monoisotopic (exact) mass is 485 g/mol. The number of aromatic carboxylic acids is 1. The van der Waals surface area contributed by atoms with Gasteiger partial charge in [0.15, 0.2) is 0 Å². The van der Waals surface area contributed by atoms with Gasteiger partial charge in [0.05, 0.1) is 5.56 Å². The molecule has 0 saturated carbocycles. The van der Waals surface area contributed by atoms with Crippen LogP contribution in [-0.4, -0.2) is 54.8 Å². The average molecular weight is 486 g/mol. The third kappa shape index (κ3) is 5.15. The van der Waals surface area contributed by atoms with Crippen molar-refractivity contribution < 1.29 is 14.6 Å². The third-order valence-corrected chi connectivity index (χ3v) is 7.93. The molecule has 0 radical (unpaired) electrons. The lowest BCUT2D eigenvalue weighted by atomic mass is 9.88. The minimum Gasteiger partial charge on any atom is -0.478 e. The molecule has 5 rings (SSSR count). The predicted molar refractivity (Wildman–Crippen MR) is 142 cm³/mol. The highest BCUT2D eigenvalue weighted by Crippen LogP contribution is 2.36. The van der Waals surface area contributed by atoms with E-state index in [9.17, 15) is 9.90 Å². The molecule has 0 spiro atoms. The van der Waals surface area contributed by atoms with E-state index in [-0.39, 0.29) is 6.04 Å². The molecule has 0 aliphatic carbocycles. The van der Waals surface area contributed by atoms with E-state index in [0.29, 0.717) is 17.9 Å². The third-order valence-electron chi connectivity index (χ3n) is 7.93. The van der Waals surface area contributed by atoms with Crippen molar-refractivity contribution in [3.05, 3.63) is 88.7 Å². The van der Waals surface area contributed by atoms with E-state index in [2.05, 4.69) is 71.3 Å². The quantitative estimate of drug-likeness (QED) is 0.470. The highest BCUT2D eigenvalue weighted by Gasteiger charge is 2.26. The molecule has 6 heteroatoms. The van der Waals surface area contributed by atoms with Crippen LogP contribution in [0.2, 0.25) is 0 Å². The van der Waals surface area contributed by atoms with Crippen molar-refractivity contribution in [1.29, 1.82) is 0 Å². The topological polar surface area (TPSA) is 65.9 Å². The maximum absolute atomic E-state index is 11.6. The highest BCUT2D eigenvalue weighted by molar-refractivity contribution is 5.89. The molecule has 0 amide bonds. The summed E-state index contributed by atoms with van der Waals surface area (Å²) in [4.78, 5) is 20.4. The number of fused-ring (bicyclic) bond motifs is 1. The summed E-state index contributed by atoms with van der Waals surface area (Å²) in [6.45, 7) is 2.71. The first-order chi connectivity index (χ1) is 17.5. The van der Waals surface area contributed by atoms with Gasteiger partial charge in [0, 0.05) is 56.6 Å². The summed E-state index contributed by atoms with van der Waals surface area (Å²) in [7, 11) is 4.29. The molecule has 1 saturated heterocycles. The van der Waals surface area contributed by atoms with Gasteiger partial charge in [0.2, 0.25) is 0 Å². The minimum atomic E-state index is -0.890. The van der Waals surface area contributed by atoms with Crippen LogP contribution in [0.25, 0.3) is 0 Å². The summed E-state index contributed by atoms with van der Waals surface area (Å²) >= 11 is 0. The summed E-state index contributed by atoms with van der Waals surface area (Å²) in [5.41, 5.74) is 7.66. The molecule has 0 bridgehead atoms.